The van der Waals surface area contributed by atoms with Gasteiger partial charge in [-0.2, -0.15) is 0 Å². The summed E-state index contributed by atoms with van der Waals surface area (Å²) in [4.78, 5) is 47.3. The van der Waals surface area contributed by atoms with Crippen molar-refractivity contribution in [3.05, 3.63) is 118 Å². The zero-order valence-corrected chi connectivity index (χ0v) is 43.6. The van der Waals surface area contributed by atoms with Crippen molar-refractivity contribution in [2.75, 3.05) is 13.1 Å². The van der Waals surface area contributed by atoms with Gasteiger partial charge in [0.15, 0.2) is 23.0 Å². The minimum absolute atomic E-state index is 0.0647. The lowest BCUT2D eigenvalue weighted by Gasteiger charge is -2.22. The number of amides is 1. The zero-order valence-electron chi connectivity index (χ0n) is 42.9. The average molecular weight is 1070 g/mol. The molecule has 4 heterocycles. The van der Waals surface area contributed by atoms with Gasteiger partial charge in [0.25, 0.3) is 0 Å². The topological polar surface area (TPSA) is 153 Å². The molecule has 19 heteroatoms. The quantitative estimate of drug-likeness (QED) is 0.0850. The number of benzene rings is 4. The minimum atomic E-state index is -3.73. The molecule has 0 bridgehead atoms. The number of carbonyl (C=O) groups is 4. The molecule has 400 valence electrons. The number of nitrogens with zero attached hydrogens (tertiary/aromatic N) is 2. The summed E-state index contributed by atoms with van der Waals surface area (Å²) >= 11 is 4.64. The van der Waals surface area contributed by atoms with E-state index in [1.807, 2.05) is 21.3 Å². The van der Waals surface area contributed by atoms with Gasteiger partial charge in [-0.25, -0.2) is 8.78 Å². The van der Waals surface area contributed by atoms with Crippen LogP contribution in [0.25, 0.3) is 21.8 Å². The molecule has 0 atom stereocenters. The average Bonchev–Trinajstić information content (AvgIpc) is 4.16. The first-order valence-electron chi connectivity index (χ1n) is 24.6. The third kappa shape index (κ3) is 11.5. The number of halogens is 7. The van der Waals surface area contributed by atoms with E-state index in [0.29, 0.717) is 74.1 Å². The molecule has 2 fully saturated rings. The van der Waals surface area contributed by atoms with Crippen LogP contribution in [0.2, 0.25) is 0 Å². The van der Waals surface area contributed by atoms with E-state index >= 15 is 8.78 Å². The van der Waals surface area contributed by atoms with Gasteiger partial charge in [0.05, 0.1) is 21.9 Å². The van der Waals surface area contributed by atoms with Crippen LogP contribution in [0.3, 0.4) is 0 Å². The molecule has 75 heavy (non-hydrogen) atoms. The van der Waals surface area contributed by atoms with E-state index in [2.05, 4.69) is 77.4 Å². The highest BCUT2D eigenvalue weighted by molar-refractivity contribution is 6.62. The molecule has 3 N–H and O–H groups in total. The van der Waals surface area contributed by atoms with Crippen LogP contribution in [-0.2, 0) is 66.8 Å². The van der Waals surface area contributed by atoms with Crippen molar-refractivity contribution in [1.82, 2.24) is 14.5 Å². The second-order valence-electron chi connectivity index (χ2n) is 21.6. The minimum Gasteiger partial charge on any atom is -0.395 e. The fourth-order valence-electron chi connectivity index (χ4n) is 10.0. The molecule has 2 aliphatic heterocycles. The molecule has 4 aliphatic rings. The second-order valence-corrected chi connectivity index (χ2v) is 22.2. The summed E-state index contributed by atoms with van der Waals surface area (Å²) < 4.78 is 106. The van der Waals surface area contributed by atoms with Gasteiger partial charge in [0, 0.05) is 85.9 Å². The molecule has 12 nitrogen and oxygen atoms in total. The lowest BCUT2D eigenvalue weighted by atomic mass is 9.87. The van der Waals surface area contributed by atoms with Gasteiger partial charge >= 0.3 is 12.6 Å². The maximum atomic E-state index is 15.3. The van der Waals surface area contributed by atoms with Crippen molar-refractivity contribution in [2.45, 2.75) is 141 Å². The first-order valence-corrected chi connectivity index (χ1v) is 25.0. The van der Waals surface area contributed by atoms with Gasteiger partial charge in [-0.15, -0.1) is 17.6 Å². The van der Waals surface area contributed by atoms with Crippen LogP contribution in [0.15, 0.2) is 72.8 Å². The van der Waals surface area contributed by atoms with Crippen LogP contribution in [0.5, 0.6) is 23.0 Å². The lowest BCUT2D eigenvalue weighted by Crippen LogP contribution is -2.27. The van der Waals surface area contributed by atoms with E-state index in [1.54, 1.807) is 24.3 Å². The van der Waals surface area contributed by atoms with Crippen molar-refractivity contribution >= 4 is 56.1 Å². The first-order chi connectivity index (χ1) is 35.0. The maximum Gasteiger partial charge on any atom is 0.586 e. The summed E-state index contributed by atoms with van der Waals surface area (Å²) in [5.41, 5.74) is 9.00. The molecule has 2 saturated carbocycles. The van der Waals surface area contributed by atoms with E-state index in [4.69, 9.17) is 5.73 Å². The van der Waals surface area contributed by atoms with Gasteiger partial charge in [-0.05, 0) is 120 Å². The number of ketones is 2. The number of nitrogens with two attached hydrogens (primary N) is 1. The highest BCUT2D eigenvalue weighted by Crippen LogP contribution is 2.54. The molecule has 0 radical (unpaired) electrons. The summed E-state index contributed by atoms with van der Waals surface area (Å²) in [6.45, 7) is 17.1. The normalized spacial score (nSPS) is 16.9. The predicted octanol–water partition coefficient (Wildman–Crippen LogP) is 11.4. The third-order valence-corrected chi connectivity index (χ3v) is 13.9. The Hall–Kier alpha value is -6.53. The van der Waals surface area contributed by atoms with Gasteiger partial charge in [-0.1, -0.05) is 53.7 Å². The smallest absolute Gasteiger partial charge is 0.395 e. The van der Waals surface area contributed by atoms with E-state index in [-0.39, 0.29) is 74.9 Å². The Morgan fingerprint density at radius 1 is 0.600 bits per heavy atom. The highest BCUT2D eigenvalue weighted by atomic mass is 35.5. The number of carbonyl (C=O) groups excluding carboxylic acids is 4. The Bertz CT molecular complexity index is 3250. The molecular weight excluding hydrogens is 1010 g/mol. The van der Waals surface area contributed by atoms with Crippen molar-refractivity contribution in [3.63, 3.8) is 0 Å². The van der Waals surface area contributed by atoms with E-state index in [0.717, 1.165) is 27.7 Å². The van der Waals surface area contributed by atoms with E-state index < -0.39 is 35.1 Å². The van der Waals surface area contributed by atoms with Crippen molar-refractivity contribution in [3.8, 4) is 23.0 Å². The molecular formula is C56H59ClF6N4O8. The van der Waals surface area contributed by atoms with Gasteiger partial charge in [0.2, 0.25) is 11.1 Å². The number of hydrogen-bond donors (Lipinski definition) is 2. The third-order valence-electron chi connectivity index (χ3n) is 13.9. The molecule has 10 rings (SSSR count). The molecule has 2 aliphatic carbocycles. The molecule has 0 spiro atoms. The Morgan fingerprint density at radius 2 is 0.973 bits per heavy atom. The molecule has 6 aromatic rings. The monoisotopic (exact) mass is 1060 g/mol. The Balaban J connectivity index is 0.000000187. The number of nitrogens with one attached hydrogen (secondary N) is 1. The van der Waals surface area contributed by atoms with Crippen LogP contribution < -0.4 is 30.0 Å². The largest absolute Gasteiger partial charge is 0.586 e. The van der Waals surface area contributed by atoms with Crippen molar-refractivity contribution in [2.24, 2.45) is 5.73 Å². The van der Waals surface area contributed by atoms with Crippen molar-refractivity contribution < 1.29 is 64.5 Å². The van der Waals surface area contributed by atoms with Crippen LogP contribution >= 0.6 is 11.6 Å². The fraction of sp³-hybridized carbons (Fsp3) is 0.429. The molecule has 4 aromatic carbocycles. The number of hydrogen-bond acceptors (Lipinski definition) is 9. The molecule has 0 unspecified atom stereocenters. The first kappa shape index (κ1) is 54.7. The number of alkyl halides is 4. The Morgan fingerprint density at radius 3 is 1.32 bits per heavy atom. The summed E-state index contributed by atoms with van der Waals surface area (Å²) in [5.74, 6) is -1.72. The van der Waals surface area contributed by atoms with Gasteiger partial charge in [-0.3, -0.25) is 19.2 Å². The number of fused-ring (bicyclic) bond motifs is 4. The summed E-state index contributed by atoms with van der Waals surface area (Å²) in [7, 11) is 0. The molecule has 0 saturated heterocycles. The zero-order chi connectivity index (χ0) is 54.8. The summed E-state index contributed by atoms with van der Waals surface area (Å²) in [5, 5.41) is 4.09. The van der Waals surface area contributed by atoms with Crippen molar-refractivity contribution in [1.29, 1.82) is 0 Å². The lowest BCUT2D eigenvalue weighted by molar-refractivity contribution is -0.287. The number of rotatable bonds is 13. The number of Topliss-reactive ketones (excluding diaryl/α,β-unsaturated/α-hetero) is 2. The second kappa shape index (κ2) is 19.9. The highest BCUT2D eigenvalue weighted by Gasteiger charge is 2.53. The van der Waals surface area contributed by atoms with E-state index in [9.17, 15) is 36.7 Å². The predicted molar refractivity (Wildman–Crippen MR) is 270 cm³/mol. The van der Waals surface area contributed by atoms with Crippen LogP contribution in [-0.4, -0.2) is 57.5 Å². The number of ether oxygens (including phenoxy) is 4. The summed E-state index contributed by atoms with van der Waals surface area (Å²) in [6, 6.07) is 19.2. The standard InChI is InChI=1S/C28H29F3N2O4.C26H27F3N2O3.C2H3ClO/c1-16(34)32-9-10-33-21-15-20(29)17(11-18(21)12-24(33)26(2,3)4)13-25(35)27(7-8-27)19-5-6-22-23(14-19)37-28(30,31)36-22;1-24(2,3)22-11-16-10-15(18(27)14-19(16)31(22)9-8-30)12-23(32)25(6-7-25)17-4-5-20-21(13-17)34-26(28,29)33-20;1-2(3)4/h5-6,11-12,14-15H,7-10,13H2,1-4H3,(H,32,34);4-5,10-11,13-14H,6-9,12,30H2,1-3H3;1H3. The fourth-order valence-corrected chi connectivity index (χ4v) is 10.0. The molecule has 1 amide bonds. The van der Waals surface area contributed by atoms with Crippen LogP contribution in [0.1, 0.15) is 115 Å². The Labute approximate surface area is 434 Å². The summed E-state index contributed by atoms with van der Waals surface area (Å²) in [6.07, 6.45) is -5.39. The van der Waals surface area contributed by atoms with Crippen LogP contribution in [0, 0.1) is 11.6 Å². The number of aromatic nitrogens is 2. The van der Waals surface area contributed by atoms with Gasteiger partial charge in [0.1, 0.15) is 23.2 Å². The Kier molecular flexibility index (Phi) is 14.5. The van der Waals surface area contributed by atoms with E-state index in [1.165, 1.54) is 50.2 Å². The SMILES string of the molecule is CC(=O)Cl.CC(=O)NCCn1c(C(C)(C)C)cc2cc(CC(=O)C3(c4ccc5c(c4)OC(F)(F)O5)CC3)c(F)cc21.CC(C)(C)c1cc2cc(CC(=O)C3(c4ccc5c(c4)OC(F)(F)O5)CC3)c(F)cc2n1CCN. The molecule has 2 aromatic heterocycles. The maximum absolute atomic E-state index is 15.3. The van der Waals surface area contributed by atoms with Crippen LogP contribution in [0.4, 0.5) is 26.3 Å². The van der Waals surface area contributed by atoms with Gasteiger partial charge < -0.3 is 39.1 Å².